The van der Waals surface area contributed by atoms with Gasteiger partial charge in [0.2, 0.25) is 15.9 Å². The van der Waals surface area contributed by atoms with Gasteiger partial charge in [0.25, 0.3) is 0 Å². The molecule has 21 heavy (non-hydrogen) atoms. The van der Waals surface area contributed by atoms with E-state index in [2.05, 4.69) is 10.6 Å². The molecule has 1 unspecified atom stereocenters. The highest BCUT2D eigenvalue weighted by molar-refractivity contribution is 7.89. The molecule has 1 heterocycles. The Morgan fingerprint density at radius 2 is 2.14 bits per heavy atom. The molecule has 0 aromatic heterocycles. The molecule has 1 aliphatic rings. The second-order valence-corrected chi connectivity index (χ2v) is 7.69. The van der Waals surface area contributed by atoms with Gasteiger partial charge < -0.3 is 10.6 Å². The lowest BCUT2D eigenvalue weighted by molar-refractivity contribution is -0.121. The van der Waals surface area contributed by atoms with Gasteiger partial charge in [-0.05, 0) is 45.2 Å². The van der Waals surface area contributed by atoms with Crippen LogP contribution < -0.4 is 10.6 Å². The number of amides is 1. The van der Waals surface area contributed by atoms with E-state index in [1.165, 1.54) is 4.31 Å². The van der Waals surface area contributed by atoms with Crippen molar-refractivity contribution in [2.24, 2.45) is 5.92 Å². The first-order chi connectivity index (χ1) is 9.45. The maximum atomic E-state index is 11.6. The number of nitrogens with zero attached hydrogens (tertiary/aromatic N) is 1. The highest BCUT2D eigenvalue weighted by atomic mass is 35.5. The van der Waals surface area contributed by atoms with Gasteiger partial charge in [0, 0.05) is 26.6 Å². The Balaban J connectivity index is 0.00000400. The van der Waals surface area contributed by atoms with Crippen LogP contribution >= 0.6 is 12.4 Å². The molecule has 126 valence electrons. The van der Waals surface area contributed by atoms with Crippen molar-refractivity contribution < 1.29 is 13.2 Å². The predicted octanol–water partition coefficient (Wildman–Crippen LogP) is 0.586. The van der Waals surface area contributed by atoms with Crippen LogP contribution in [0.15, 0.2) is 0 Å². The third-order valence-electron chi connectivity index (χ3n) is 3.75. The number of carbonyl (C=O) groups is 1. The summed E-state index contributed by atoms with van der Waals surface area (Å²) in [5.41, 5.74) is 0. The fourth-order valence-electron chi connectivity index (χ4n) is 2.27. The van der Waals surface area contributed by atoms with E-state index in [4.69, 9.17) is 0 Å². The maximum Gasteiger partial charge on any atom is 0.220 e. The molecule has 0 saturated carbocycles. The summed E-state index contributed by atoms with van der Waals surface area (Å²) in [7, 11) is -1.53. The number of hydrogen-bond acceptors (Lipinski definition) is 4. The fourth-order valence-corrected chi connectivity index (χ4v) is 3.12. The van der Waals surface area contributed by atoms with Crippen molar-refractivity contribution in [3.05, 3.63) is 0 Å². The zero-order valence-corrected chi connectivity index (χ0v) is 14.6. The molecule has 0 aromatic carbocycles. The molecular formula is C13H28ClN3O3S. The Morgan fingerprint density at radius 3 is 2.71 bits per heavy atom. The van der Waals surface area contributed by atoms with Crippen molar-refractivity contribution in [2.75, 3.05) is 39.0 Å². The second kappa shape index (κ2) is 10.4. The van der Waals surface area contributed by atoms with E-state index in [0.717, 1.165) is 25.9 Å². The van der Waals surface area contributed by atoms with E-state index in [1.54, 1.807) is 14.0 Å². The molecule has 0 spiro atoms. The molecule has 1 rings (SSSR count). The summed E-state index contributed by atoms with van der Waals surface area (Å²) in [4.78, 5) is 11.6. The van der Waals surface area contributed by atoms with Gasteiger partial charge in [0.15, 0.2) is 0 Å². The monoisotopic (exact) mass is 341 g/mol. The molecule has 0 aromatic rings. The quantitative estimate of drug-likeness (QED) is 0.601. The van der Waals surface area contributed by atoms with Gasteiger partial charge in [-0.2, -0.15) is 0 Å². The van der Waals surface area contributed by atoms with Crippen LogP contribution in [0.25, 0.3) is 0 Å². The zero-order valence-electron chi connectivity index (χ0n) is 12.9. The molecule has 0 aliphatic carbocycles. The highest BCUT2D eigenvalue weighted by Gasteiger charge is 2.16. The lowest BCUT2D eigenvalue weighted by atomic mass is 10.0. The van der Waals surface area contributed by atoms with Gasteiger partial charge in [-0.3, -0.25) is 4.79 Å². The Bertz CT molecular complexity index is 397. The topological polar surface area (TPSA) is 78.5 Å². The van der Waals surface area contributed by atoms with E-state index in [1.807, 2.05) is 0 Å². The molecule has 1 fully saturated rings. The van der Waals surface area contributed by atoms with E-state index >= 15 is 0 Å². The fraction of sp³-hybridized carbons (Fsp3) is 0.923. The van der Waals surface area contributed by atoms with Crippen molar-refractivity contribution in [3.63, 3.8) is 0 Å². The number of carbonyl (C=O) groups excluding carboxylic acids is 1. The molecular weight excluding hydrogens is 314 g/mol. The molecule has 1 atom stereocenters. The molecule has 1 aliphatic heterocycles. The largest absolute Gasteiger partial charge is 0.356 e. The van der Waals surface area contributed by atoms with E-state index in [0.29, 0.717) is 31.8 Å². The minimum absolute atomic E-state index is 0. The summed E-state index contributed by atoms with van der Waals surface area (Å²) in [6, 6.07) is 0. The first-order valence-electron chi connectivity index (χ1n) is 7.37. The number of hydrogen-bond donors (Lipinski definition) is 2. The van der Waals surface area contributed by atoms with Crippen molar-refractivity contribution in [3.8, 4) is 0 Å². The average molecular weight is 342 g/mol. The lowest BCUT2D eigenvalue weighted by Gasteiger charge is -2.16. The summed E-state index contributed by atoms with van der Waals surface area (Å²) < 4.78 is 24.4. The lowest BCUT2D eigenvalue weighted by Crippen LogP contribution is -2.32. The minimum Gasteiger partial charge on any atom is -0.356 e. The van der Waals surface area contributed by atoms with Crippen LogP contribution in [0.2, 0.25) is 0 Å². The van der Waals surface area contributed by atoms with Gasteiger partial charge in [-0.15, -0.1) is 12.4 Å². The predicted molar refractivity (Wildman–Crippen MR) is 87.2 cm³/mol. The van der Waals surface area contributed by atoms with Gasteiger partial charge >= 0.3 is 0 Å². The van der Waals surface area contributed by atoms with Crippen molar-refractivity contribution in [2.45, 2.75) is 32.6 Å². The Morgan fingerprint density at radius 1 is 1.43 bits per heavy atom. The first-order valence-corrected chi connectivity index (χ1v) is 8.98. The third kappa shape index (κ3) is 7.99. The van der Waals surface area contributed by atoms with Crippen molar-refractivity contribution in [1.82, 2.24) is 14.9 Å². The molecule has 0 radical (unpaired) electrons. The number of halogens is 1. The SMILES string of the molecule is CCS(=O)(=O)N(C)CCCNC(=O)CCC1CCNC1.Cl. The van der Waals surface area contributed by atoms with Crippen LogP contribution in [0.3, 0.4) is 0 Å². The summed E-state index contributed by atoms with van der Waals surface area (Å²) in [6.07, 6.45) is 3.30. The third-order valence-corrected chi connectivity index (χ3v) is 5.62. The van der Waals surface area contributed by atoms with Crippen LogP contribution in [-0.4, -0.2) is 57.6 Å². The van der Waals surface area contributed by atoms with Gasteiger partial charge in [0.05, 0.1) is 5.75 Å². The van der Waals surface area contributed by atoms with Crippen molar-refractivity contribution in [1.29, 1.82) is 0 Å². The first kappa shape index (κ1) is 20.6. The van der Waals surface area contributed by atoms with Crippen LogP contribution in [-0.2, 0) is 14.8 Å². The average Bonchev–Trinajstić information content (AvgIpc) is 2.94. The normalized spacial score (nSPS) is 18.5. The summed E-state index contributed by atoms with van der Waals surface area (Å²) >= 11 is 0. The van der Waals surface area contributed by atoms with Gasteiger partial charge in [-0.25, -0.2) is 12.7 Å². The molecule has 6 nitrogen and oxygen atoms in total. The molecule has 0 bridgehead atoms. The zero-order chi connectivity index (χ0) is 15.0. The standard InChI is InChI=1S/C13H27N3O3S.ClH/c1-3-20(18,19)16(2)10-4-8-15-13(17)6-5-12-7-9-14-11-12;/h12,14H,3-11H2,1-2H3,(H,15,17);1H. The molecule has 8 heteroatoms. The molecule has 1 saturated heterocycles. The van der Waals surface area contributed by atoms with Crippen LogP contribution in [0.1, 0.15) is 32.6 Å². The summed E-state index contributed by atoms with van der Waals surface area (Å²) in [5, 5.41) is 6.14. The Kier molecular flexibility index (Phi) is 10.2. The highest BCUT2D eigenvalue weighted by Crippen LogP contribution is 2.13. The second-order valence-electron chi connectivity index (χ2n) is 5.32. The van der Waals surface area contributed by atoms with Crippen LogP contribution in [0.4, 0.5) is 0 Å². The Hall–Kier alpha value is -0.370. The summed E-state index contributed by atoms with van der Waals surface area (Å²) in [5.74, 6) is 0.810. The number of rotatable bonds is 9. The molecule has 2 N–H and O–H groups in total. The Labute approximate surface area is 134 Å². The van der Waals surface area contributed by atoms with E-state index in [9.17, 15) is 13.2 Å². The molecule has 1 amide bonds. The van der Waals surface area contributed by atoms with E-state index < -0.39 is 10.0 Å². The van der Waals surface area contributed by atoms with Crippen LogP contribution in [0, 0.1) is 5.92 Å². The maximum absolute atomic E-state index is 11.6. The smallest absolute Gasteiger partial charge is 0.220 e. The van der Waals surface area contributed by atoms with Gasteiger partial charge in [-0.1, -0.05) is 0 Å². The van der Waals surface area contributed by atoms with Crippen LogP contribution in [0.5, 0.6) is 0 Å². The minimum atomic E-state index is -3.11. The van der Waals surface area contributed by atoms with Crippen molar-refractivity contribution >= 4 is 28.3 Å². The number of nitrogens with one attached hydrogen (secondary N) is 2. The summed E-state index contributed by atoms with van der Waals surface area (Å²) in [6.45, 7) is 4.69. The van der Waals surface area contributed by atoms with E-state index in [-0.39, 0.29) is 24.1 Å². The number of sulfonamides is 1. The van der Waals surface area contributed by atoms with Gasteiger partial charge in [0.1, 0.15) is 0 Å².